The summed E-state index contributed by atoms with van der Waals surface area (Å²) in [6.07, 6.45) is 2.49. The molecule has 0 aromatic heterocycles. The molecule has 30 heavy (non-hydrogen) atoms. The molecule has 0 saturated heterocycles. The van der Waals surface area contributed by atoms with Gasteiger partial charge in [-0.05, 0) is 25.0 Å². The van der Waals surface area contributed by atoms with Crippen molar-refractivity contribution in [2.45, 2.75) is 40.0 Å². The fourth-order valence-electron chi connectivity index (χ4n) is 1.57. The summed E-state index contributed by atoms with van der Waals surface area (Å²) >= 11 is -12.1. The minimum absolute atomic E-state index is 0. The van der Waals surface area contributed by atoms with Crippen LogP contribution in [0.15, 0.2) is 30.3 Å². The summed E-state index contributed by atoms with van der Waals surface area (Å²) in [4.78, 5) is 11.7. The van der Waals surface area contributed by atoms with E-state index in [9.17, 15) is 28.3 Å². The molecule has 0 heterocycles. The van der Waals surface area contributed by atoms with Crippen LogP contribution in [0, 0.1) is 5.41 Å². The van der Waals surface area contributed by atoms with Crippen LogP contribution in [0.25, 0.3) is 0 Å². The molecule has 1 aromatic rings. The first-order chi connectivity index (χ1) is 11.7. The summed E-state index contributed by atoms with van der Waals surface area (Å²) in [5.74, 6) is 1.23. The van der Waals surface area contributed by atoms with Gasteiger partial charge in [-0.3, -0.25) is 4.79 Å². The Bertz CT molecular complexity index is 732. The zero-order chi connectivity index (χ0) is 20.4. The predicted octanol–water partition coefficient (Wildman–Crippen LogP) is -6.72. The standard InChI is InChI=1S/C15H22O2.2Cr.2Na.2H2O.7O/c1-15(2,3)14(16)11-7-8-12-17-13-9-5-4-6-10-13;;;;;;;;;;;;;/h4-6,9-10H,7-8,11-12H2,1-3H3;;;;;2*1H2;;;;;;;/q;;;2*+1;;;;;;;;2*-1. The monoisotopic (exact) mass is 532 g/mol. The summed E-state index contributed by atoms with van der Waals surface area (Å²) in [5.41, 5.74) is -0.208. The van der Waals surface area contributed by atoms with Gasteiger partial charge in [0.05, 0.1) is 6.61 Å². The number of carbonyl (C=O) groups is 1. The maximum absolute atomic E-state index is 11.7. The average molecular weight is 532 g/mol. The van der Waals surface area contributed by atoms with Gasteiger partial charge in [0.25, 0.3) is 0 Å². The van der Waals surface area contributed by atoms with Gasteiger partial charge < -0.3 is 15.7 Å². The van der Waals surface area contributed by atoms with E-state index in [1.807, 2.05) is 51.1 Å². The molecule has 0 atom stereocenters. The van der Waals surface area contributed by atoms with Gasteiger partial charge in [0, 0.05) is 11.8 Å². The third-order valence-corrected chi connectivity index (χ3v) is 5.48. The average Bonchev–Trinajstić information content (AvgIpc) is 2.43. The van der Waals surface area contributed by atoms with Crippen molar-refractivity contribution in [3.05, 3.63) is 30.3 Å². The molecule has 1 rings (SSSR count). The zero-order valence-corrected chi connectivity index (χ0v) is 24.3. The number of para-hydroxylation sites is 1. The molecule has 0 radical (unpaired) electrons. The first-order valence-corrected chi connectivity index (χ1v) is 11.7. The third-order valence-electron chi connectivity index (χ3n) is 2.81. The summed E-state index contributed by atoms with van der Waals surface area (Å²) in [6, 6.07) is 9.77. The Morgan fingerprint density at radius 3 is 1.67 bits per heavy atom. The van der Waals surface area contributed by atoms with E-state index in [4.69, 9.17) is 4.74 Å². The molecular weight excluding hydrogens is 506 g/mol. The molecule has 166 valence electrons. The van der Waals surface area contributed by atoms with E-state index >= 15 is 0 Å². The molecular formula is C15H26Cr2Na2O11. The molecule has 0 amide bonds. The number of benzene rings is 1. The van der Waals surface area contributed by atoms with E-state index in [-0.39, 0.29) is 75.5 Å². The maximum atomic E-state index is 11.7. The Kier molecular flexibility index (Phi) is 26.3. The Balaban J connectivity index is -0.000000141. The van der Waals surface area contributed by atoms with E-state index in [2.05, 4.69) is 2.84 Å². The molecule has 0 saturated carbocycles. The van der Waals surface area contributed by atoms with Crippen LogP contribution in [-0.2, 0) is 50.1 Å². The molecule has 0 aliphatic rings. The normalized spacial score (nSPS) is 10.4. The third kappa shape index (κ3) is 26.8. The van der Waals surface area contributed by atoms with Crippen LogP contribution < -0.4 is 72.2 Å². The molecule has 1 aromatic carbocycles. The predicted molar refractivity (Wildman–Crippen MR) is 81.3 cm³/mol. The summed E-state index contributed by atoms with van der Waals surface area (Å²) in [5, 5.41) is 0. The summed E-state index contributed by atoms with van der Waals surface area (Å²) in [7, 11) is 0. The Morgan fingerprint density at radius 1 is 0.900 bits per heavy atom. The van der Waals surface area contributed by atoms with Crippen molar-refractivity contribution in [3.63, 3.8) is 0 Å². The van der Waals surface area contributed by atoms with Crippen LogP contribution in [0.4, 0.5) is 0 Å². The Hall–Kier alpha value is 0.755. The van der Waals surface area contributed by atoms with E-state index in [0.717, 1.165) is 18.6 Å². The van der Waals surface area contributed by atoms with Crippen molar-refractivity contribution in [1.82, 2.24) is 0 Å². The van der Waals surface area contributed by atoms with Gasteiger partial charge in [0.1, 0.15) is 11.5 Å². The number of carbonyl (C=O) groups excluding carboxylic acids is 1. The summed E-state index contributed by atoms with van der Waals surface area (Å²) < 4.78 is 64.5. The molecule has 4 N–H and O–H groups in total. The van der Waals surface area contributed by atoms with Gasteiger partial charge >= 0.3 is 113 Å². The van der Waals surface area contributed by atoms with Crippen LogP contribution in [0.2, 0.25) is 0 Å². The van der Waals surface area contributed by atoms with Gasteiger partial charge in [-0.1, -0.05) is 39.0 Å². The summed E-state index contributed by atoms with van der Waals surface area (Å²) in [6.45, 7) is 6.59. The van der Waals surface area contributed by atoms with Gasteiger partial charge in [0.15, 0.2) is 0 Å². The molecule has 0 aliphatic carbocycles. The Labute approximate surface area is 224 Å². The first kappa shape index (κ1) is 41.0. The number of hydrogen-bond acceptors (Lipinski definition) is 9. The fraction of sp³-hybridized carbons (Fsp3) is 0.533. The molecule has 0 spiro atoms. The van der Waals surface area contributed by atoms with Crippen LogP contribution in [0.3, 0.4) is 0 Å². The van der Waals surface area contributed by atoms with Crippen LogP contribution in [0.5, 0.6) is 5.75 Å². The number of unbranched alkanes of at least 4 members (excludes halogenated alkanes) is 1. The van der Waals surface area contributed by atoms with Crippen LogP contribution in [0.1, 0.15) is 40.0 Å². The topological polar surface area (TPSA) is 213 Å². The van der Waals surface area contributed by atoms with Crippen LogP contribution in [-0.4, -0.2) is 23.3 Å². The number of hydrogen-bond donors (Lipinski definition) is 0. The van der Waals surface area contributed by atoms with E-state index in [1.54, 1.807) is 0 Å². The minimum atomic E-state index is -6.07. The van der Waals surface area contributed by atoms with Gasteiger partial charge in [-0.15, -0.1) is 0 Å². The van der Waals surface area contributed by atoms with Crippen molar-refractivity contribution in [2.75, 3.05) is 6.61 Å². The number of ketones is 1. The molecule has 0 unspecified atom stereocenters. The quantitative estimate of drug-likeness (QED) is 0.229. The zero-order valence-electron chi connectivity index (χ0n) is 17.7. The molecule has 15 heteroatoms. The Morgan fingerprint density at radius 2 is 1.33 bits per heavy atom. The van der Waals surface area contributed by atoms with E-state index in [1.165, 1.54) is 0 Å². The first-order valence-electron chi connectivity index (χ1n) is 7.54. The molecule has 11 nitrogen and oxygen atoms in total. The van der Waals surface area contributed by atoms with Gasteiger partial charge in [-0.25, -0.2) is 0 Å². The second-order valence-electron chi connectivity index (χ2n) is 6.18. The molecule has 0 aliphatic heterocycles. The van der Waals surface area contributed by atoms with Gasteiger partial charge in [0.2, 0.25) is 0 Å². The van der Waals surface area contributed by atoms with E-state index in [0.29, 0.717) is 18.8 Å². The van der Waals surface area contributed by atoms with Crippen molar-refractivity contribution in [3.8, 4) is 5.75 Å². The van der Waals surface area contributed by atoms with Crippen molar-refractivity contribution in [1.29, 1.82) is 0 Å². The molecule has 0 fully saturated rings. The number of ether oxygens (including phenoxy) is 1. The second-order valence-corrected chi connectivity index (χ2v) is 9.82. The fourth-order valence-corrected chi connectivity index (χ4v) is 3.20. The number of Topliss-reactive ketones (excluding diaryl/α,β-unsaturated/α-hetero) is 1. The molecule has 0 bridgehead atoms. The SMILES string of the molecule is CC(C)(C)C(=O)CCCCOc1ccccc1.O.O.[Na+].[Na+].[O]=[Cr](=[O])([O-])[O][Cr](=[O])(=[O])[O-]. The van der Waals surface area contributed by atoms with Crippen molar-refractivity contribution in [2.24, 2.45) is 5.41 Å². The number of rotatable bonds is 8. The van der Waals surface area contributed by atoms with Crippen molar-refractivity contribution < 1.29 is 133 Å². The van der Waals surface area contributed by atoms with Crippen LogP contribution >= 0.6 is 0 Å². The second kappa shape index (κ2) is 19.2. The van der Waals surface area contributed by atoms with Gasteiger partial charge in [-0.2, -0.15) is 0 Å². The van der Waals surface area contributed by atoms with Crippen molar-refractivity contribution >= 4 is 5.78 Å². The van der Waals surface area contributed by atoms with E-state index < -0.39 is 27.2 Å².